The zero-order chi connectivity index (χ0) is 14.1. The summed E-state index contributed by atoms with van der Waals surface area (Å²) in [6.07, 6.45) is 5.15. The summed E-state index contributed by atoms with van der Waals surface area (Å²) in [5, 5.41) is 2.42. The van der Waals surface area contributed by atoms with Crippen LogP contribution in [0.25, 0.3) is 0 Å². The van der Waals surface area contributed by atoms with E-state index in [9.17, 15) is 9.59 Å². The van der Waals surface area contributed by atoms with Gasteiger partial charge in [0.25, 0.3) is 0 Å². The summed E-state index contributed by atoms with van der Waals surface area (Å²) in [5.41, 5.74) is 6.06. The summed E-state index contributed by atoms with van der Waals surface area (Å²) >= 11 is 0. The Labute approximate surface area is 112 Å². The molecule has 1 rings (SSSR count). The molecule has 0 bridgehead atoms. The molecule has 0 radical (unpaired) electrons. The lowest BCUT2D eigenvalue weighted by atomic mass is 10.2. The van der Waals surface area contributed by atoms with Crippen LogP contribution in [0.3, 0.4) is 0 Å². The number of ether oxygens (including phenoxy) is 1. The fourth-order valence-electron chi connectivity index (χ4n) is 1.41. The van der Waals surface area contributed by atoms with Gasteiger partial charge in [0.15, 0.2) is 0 Å². The highest BCUT2D eigenvalue weighted by Crippen LogP contribution is 2.00. The minimum absolute atomic E-state index is 0.0692. The molecule has 2 amide bonds. The van der Waals surface area contributed by atoms with Crippen molar-refractivity contribution in [1.29, 1.82) is 0 Å². The summed E-state index contributed by atoms with van der Waals surface area (Å²) in [7, 11) is 0. The molecule has 0 saturated carbocycles. The molecule has 1 atom stereocenters. The molecule has 1 aromatic carbocycles. The second kappa shape index (κ2) is 7.90. The molecule has 0 fully saturated rings. The lowest BCUT2D eigenvalue weighted by molar-refractivity contribution is -0.130. The van der Waals surface area contributed by atoms with Gasteiger partial charge in [0, 0.05) is 6.42 Å². The van der Waals surface area contributed by atoms with E-state index in [1.807, 2.05) is 30.3 Å². The topological polar surface area (TPSA) is 81.4 Å². The maximum Gasteiger partial charge on any atom is 0.246 e. The fraction of sp³-hybridized carbons (Fsp3) is 0.286. The van der Waals surface area contributed by atoms with E-state index in [1.54, 1.807) is 0 Å². The van der Waals surface area contributed by atoms with Crippen LogP contribution in [0.2, 0.25) is 0 Å². The number of nitrogens with two attached hydrogens (primary N) is 1. The van der Waals surface area contributed by atoms with Crippen molar-refractivity contribution in [2.75, 3.05) is 6.61 Å². The van der Waals surface area contributed by atoms with Crippen molar-refractivity contribution in [3.8, 4) is 12.3 Å². The molecule has 0 aliphatic heterocycles. The summed E-state index contributed by atoms with van der Waals surface area (Å²) in [4.78, 5) is 22.5. The molecular formula is C14H16N2O3. The largest absolute Gasteiger partial charge is 0.368 e. The Morgan fingerprint density at radius 2 is 2.05 bits per heavy atom. The van der Waals surface area contributed by atoms with Gasteiger partial charge in [-0.15, -0.1) is 12.3 Å². The first-order chi connectivity index (χ1) is 9.13. The van der Waals surface area contributed by atoms with Gasteiger partial charge in [-0.2, -0.15) is 0 Å². The van der Waals surface area contributed by atoms with E-state index in [-0.39, 0.29) is 13.0 Å². The molecule has 0 aliphatic rings. The number of rotatable bonds is 7. The number of amides is 2. The van der Waals surface area contributed by atoms with Gasteiger partial charge in [-0.25, -0.2) is 0 Å². The molecule has 3 N–H and O–H groups in total. The zero-order valence-corrected chi connectivity index (χ0v) is 10.5. The lowest BCUT2D eigenvalue weighted by Crippen LogP contribution is -2.45. The van der Waals surface area contributed by atoms with Crippen LogP contribution >= 0.6 is 0 Å². The Bertz CT molecular complexity index is 465. The van der Waals surface area contributed by atoms with E-state index in [0.717, 1.165) is 5.56 Å². The molecule has 5 heteroatoms. The second-order valence-corrected chi connectivity index (χ2v) is 3.91. The molecule has 1 aromatic rings. The number of carbonyl (C=O) groups is 2. The van der Waals surface area contributed by atoms with E-state index in [4.69, 9.17) is 16.9 Å². The van der Waals surface area contributed by atoms with Crippen molar-refractivity contribution < 1.29 is 14.3 Å². The minimum atomic E-state index is -0.849. The Morgan fingerprint density at radius 3 is 2.63 bits per heavy atom. The third-order valence-corrected chi connectivity index (χ3v) is 2.35. The van der Waals surface area contributed by atoms with Crippen molar-refractivity contribution in [1.82, 2.24) is 5.32 Å². The van der Waals surface area contributed by atoms with Gasteiger partial charge in [-0.3, -0.25) is 9.59 Å². The zero-order valence-electron chi connectivity index (χ0n) is 10.5. The van der Waals surface area contributed by atoms with Crippen LogP contribution in [0.5, 0.6) is 0 Å². The smallest absolute Gasteiger partial charge is 0.246 e. The molecule has 0 aliphatic carbocycles. The SMILES string of the molecule is C#CC[C@@H](NC(=O)COCc1ccccc1)C(N)=O. The number of primary amides is 1. The molecule has 100 valence electrons. The molecule has 0 spiro atoms. The standard InChI is InChI=1S/C14H16N2O3/c1-2-6-12(14(15)18)16-13(17)10-19-9-11-7-4-3-5-8-11/h1,3-5,7-8,12H,6,9-10H2,(H2,15,18)(H,16,17)/t12-/m1/s1. The fourth-order valence-corrected chi connectivity index (χ4v) is 1.41. The summed E-state index contributed by atoms with van der Waals surface area (Å²) in [6.45, 7) is 0.174. The predicted molar refractivity (Wildman–Crippen MR) is 70.7 cm³/mol. The van der Waals surface area contributed by atoms with Crippen molar-refractivity contribution in [2.24, 2.45) is 5.73 Å². The van der Waals surface area contributed by atoms with Gasteiger partial charge < -0.3 is 15.8 Å². The van der Waals surface area contributed by atoms with Crippen LogP contribution in [0.4, 0.5) is 0 Å². The first-order valence-electron chi connectivity index (χ1n) is 5.77. The Balaban J connectivity index is 2.31. The average Bonchev–Trinajstić information content (AvgIpc) is 2.39. The molecule has 0 unspecified atom stereocenters. The summed E-state index contributed by atoms with van der Waals surface area (Å²) in [6, 6.07) is 8.60. The van der Waals surface area contributed by atoms with Crippen LogP contribution < -0.4 is 11.1 Å². The van der Waals surface area contributed by atoms with Crippen LogP contribution in [0.1, 0.15) is 12.0 Å². The summed E-state index contributed by atoms with van der Waals surface area (Å²) in [5.74, 6) is 1.20. The second-order valence-electron chi connectivity index (χ2n) is 3.91. The molecular weight excluding hydrogens is 244 g/mol. The van der Waals surface area contributed by atoms with E-state index in [2.05, 4.69) is 11.2 Å². The van der Waals surface area contributed by atoms with Crippen LogP contribution in [0.15, 0.2) is 30.3 Å². The van der Waals surface area contributed by atoms with Gasteiger partial charge in [0.2, 0.25) is 11.8 Å². The van der Waals surface area contributed by atoms with Gasteiger partial charge in [0.05, 0.1) is 6.61 Å². The Morgan fingerprint density at radius 1 is 1.37 bits per heavy atom. The maximum atomic E-state index is 11.5. The number of hydrogen-bond acceptors (Lipinski definition) is 3. The first-order valence-corrected chi connectivity index (χ1v) is 5.77. The van der Waals surface area contributed by atoms with Crippen LogP contribution in [-0.4, -0.2) is 24.5 Å². The average molecular weight is 260 g/mol. The Kier molecular flexibility index (Phi) is 6.13. The molecule has 0 heterocycles. The van der Waals surface area contributed by atoms with Gasteiger partial charge >= 0.3 is 0 Å². The molecule has 0 aromatic heterocycles. The van der Waals surface area contributed by atoms with Gasteiger partial charge in [-0.05, 0) is 5.56 Å². The van der Waals surface area contributed by atoms with Crippen molar-refractivity contribution in [3.05, 3.63) is 35.9 Å². The minimum Gasteiger partial charge on any atom is -0.368 e. The molecule has 5 nitrogen and oxygen atoms in total. The highest BCUT2D eigenvalue weighted by molar-refractivity contribution is 5.87. The van der Waals surface area contributed by atoms with Gasteiger partial charge in [-0.1, -0.05) is 30.3 Å². The number of hydrogen-bond donors (Lipinski definition) is 2. The van der Waals surface area contributed by atoms with Gasteiger partial charge in [0.1, 0.15) is 12.6 Å². The van der Waals surface area contributed by atoms with Crippen LogP contribution in [-0.2, 0) is 20.9 Å². The highest BCUT2D eigenvalue weighted by Gasteiger charge is 2.16. The number of carbonyl (C=O) groups excluding carboxylic acids is 2. The van der Waals surface area contributed by atoms with E-state index in [0.29, 0.717) is 6.61 Å². The number of nitrogens with one attached hydrogen (secondary N) is 1. The number of benzene rings is 1. The van der Waals surface area contributed by atoms with E-state index in [1.165, 1.54) is 0 Å². The third-order valence-electron chi connectivity index (χ3n) is 2.35. The first kappa shape index (κ1) is 14.7. The predicted octanol–water partition coefficient (Wildman–Crippen LogP) is 0.197. The van der Waals surface area contributed by atoms with E-state index >= 15 is 0 Å². The lowest BCUT2D eigenvalue weighted by Gasteiger charge is -2.12. The monoisotopic (exact) mass is 260 g/mol. The van der Waals surface area contributed by atoms with Crippen molar-refractivity contribution in [2.45, 2.75) is 19.1 Å². The summed E-state index contributed by atoms with van der Waals surface area (Å²) < 4.78 is 5.22. The normalized spacial score (nSPS) is 11.3. The third kappa shape index (κ3) is 5.70. The number of terminal acetylenes is 1. The van der Waals surface area contributed by atoms with Crippen molar-refractivity contribution in [3.63, 3.8) is 0 Å². The maximum absolute atomic E-state index is 11.5. The molecule has 19 heavy (non-hydrogen) atoms. The van der Waals surface area contributed by atoms with Crippen molar-refractivity contribution >= 4 is 11.8 Å². The van der Waals surface area contributed by atoms with Crippen LogP contribution in [0, 0.1) is 12.3 Å². The molecule has 0 saturated heterocycles. The quantitative estimate of drug-likeness (QED) is 0.687. The Hall–Kier alpha value is -2.32. The van der Waals surface area contributed by atoms with E-state index < -0.39 is 17.9 Å². The highest BCUT2D eigenvalue weighted by atomic mass is 16.5.